The van der Waals surface area contributed by atoms with E-state index in [0.29, 0.717) is 27.4 Å². The summed E-state index contributed by atoms with van der Waals surface area (Å²) in [6.45, 7) is 0. The van der Waals surface area contributed by atoms with Crippen LogP contribution >= 0.6 is 11.6 Å². The molecule has 0 saturated carbocycles. The van der Waals surface area contributed by atoms with E-state index in [1.807, 2.05) is 36.4 Å². The SMILES string of the molecule is O=C(N/N=C\c1ccccc1O)c1cc(-c2ccc(Cl)cc2)nc2ccccc12. The molecule has 1 heterocycles. The Balaban J connectivity index is 1.69. The van der Waals surface area contributed by atoms with E-state index in [1.165, 1.54) is 6.21 Å². The van der Waals surface area contributed by atoms with Crippen LogP contribution in [0.3, 0.4) is 0 Å². The van der Waals surface area contributed by atoms with E-state index in [4.69, 9.17) is 11.6 Å². The van der Waals surface area contributed by atoms with E-state index in [0.717, 1.165) is 10.9 Å². The molecule has 0 fully saturated rings. The van der Waals surface area contributed by atoms with Crippen molar-refractivity contribution in [1.82, 2.24) is 10.4 Å². The zero-order valence-electron chi connectivity index (χ0n) is 15.2. The zero-order chi connectivity index (χ0) is 20.2. The van der Waals surface area contributed by atoms with Crippen molar-refractivity contribution in [3.8, 4) is 17.0 Å². The minimum absolute atomic E-state index is 0.0879. The molecule has 1 amide bonds. The summed E-state index contributed by atoms with van der Waals surface area (Å²) in [5.74, 6) is -0.282. The maximum absolute atomic E-state index is 12.8. The third-order valence-electron chi connectivity index (χ3n) is 4.41. The minimum Gasteiger partial charge on any atom is -0.507 e. The van der Waals surface area contributed by atoms with E-state index in [2.05, 4.69) is 15.5 Å². The number of nitrogens with zero attached hydrogens (tertiary/aromatic N) is 2. The van der Waals surface area contributed by atoms with Gasteiger partial charge in [-0.15, -0.1) is 0 Å². The number of aromatic hydroxyl groups is 1. The molecule has 142 valence electrons. The number of nitrogens with one attached hydrogen (secondary N) is 1. The molecule has 29 heavy (non-hydrogen) atoms. The number of halogens is 1. The first-order chi connectivity index (χ1) is 14.1. The van der Waals surface area contributed by atoms with Gasteiger partial charge >= 0.3 is 0 Å². The first kappa shape index (κ1) is 18.7. The van der Waals surface area contributed by atoms with Gasteiger partial charge in [-0.25, -0.2) is 10.4 Å². The van der Waals surface area contributed by atoms with Gasteiger partial charge in [-0.1, -0.05) is 54.1 Å². The molecule has 3 aromatic carbocycles. The van der Waals surface area contributed by atoms with Crippen molar-refractivity contribution in [1.29, 1.82) is 0 Å². The molecule has 0 spiro atoms. The lowest BCUT2D eigenvalue weighted by Gasteiger charge is -2.09. The lowest BCUT2D eigenvalue weighted by molar-refractivity contribution is 0.0956. The molecule has 6 heteroatoms. The quantitative estimate of drug-likeness (QED) is 0.372. The highest BCUT2D eigenvalue weighted by molar-refractivity contribution is 6.30. The summed E-state index contributed by atoms with van der Waals surface area (Å²) in [6.07, 6.45) is 1.40. The number of hydrazone groups is 1. The molecule has 0 aliphatic carbocycles. The number of amides is 1. The van der Waals surface area contributed by atoms with Crippen LogP contribution < -0.4 is 5.43 Å². The molecule has 5 nitrogen and oxygen atoms in total. The van der Waals surface area contributed by atoms with Crippen LogP contribution in [0.1, 0.15) is 15.9 Å². The van der Waals surface area contributed by atoms with Crippen molar-refractivity contribution in [2.24, 2.45) is 5.10 Å². The normalized spacial score (nSPS) is 11.1. The summed E-state index contributed by atoms with van der Waals surface area (Å²) in [7, 11) is 0. The Morgan fingerprint density at radius 1 is 1.00 bits per heavy atom. The Labute approximate surface area is 172 Å². The van der Waals surface area contributed by atoms with Crippen molar-refractivity contribution in [2.75, 3.05) is 0 Å². The monoisotopic (exact) mass is 401 g/mol. The van der Waals surface area contributed by atoms with Crippen LogP contribution in [0, 0.1) is 0 Å². The van der Waals surface area contributed by atoms with Crippen molar-refractivity contribution in [3.63, 3.8) is 0 Å². The predicted molar refractivity (Wildman–Crippen MR) is 115 cm³/mol. The van der Waals surface area contributed by atoms with Gasteiger partial charge in [0.2, 0.25) is 0 Å². The van der Waals surface area contributed by atoms with Crippen molar-refractivity contribution >= 4 is 34.6 Å². The highest BCUT2D eigenvalue weighted by Gasteiger charge is 2.13. The number of benzene rings is 3. The fourth-order valence-electron chi connectivity index (χ4n) is 2.95. The fraction of sp³-hybridized carbons (Fsp3) is 0. The summed E-state index contributed by atoms with van der Waals surface area (Å²) in [4.78, 5) is 17.5. The number of phenols is 1. The molecule has 0 radical (unpaired) electrons. The number of fused-ring (bicyclic) bond motifs is 1. The second-order valence-electron chi connectivity index (χ2n) is 6.34. The van der Waals surface area contributed by atoms with Crippen molar-refractivity contribution in [2.45, 2.75) is 0 Å². The lowest BCUT2D eigenvalue weighted by atomic mass is 10.0. The number of pyridine rings is 1. The summed E-state index contributed by atoms with van der Waals surface area (Å²) in [5, 5.41) is 15.1. The van der Waals surface area contributed by atoms with Gasteiger partial charge in [-0.05, 0) is 36.4 Å². The van der Waals surface area contributed by atoms with Gasteiger partial charge in [0, 0.05) is 21.5 Å². The van der Waals surface area contributed by atoms with Crippen LogP contribution in [0.15, 0.2) is 84.0 Å². The van der Waals surface area contributed by atoms with Crippen LogP contribution in [-0.2, 0) is 0 Å². The van der Waals surface area contributed by atoms with E-state index in [9.17, 15) is 9.90 Å². The zero-order valence-corrected chi connectivity index (χ0v) is 16.0. The molecule has 0 unspecified atom stereocenters. The third kappa shape index (κ3) is 4.10. The smallest absolute Gasteiger partial charge is 0.272 e. The fourth-order valence-corrected chi connectivity index (χ4v) is 3.08. The number of hydrogen-bond donors (Lipinski definition) is 2. The van der Waals surface area contributed by atoms with Crippen LogP contribution in [0.4, 0.5) is 0 Å². The molecule has 1 aromatic heterocycles. The second-order valence-corrected chi connectivity index (χ2v) is 6.77. The van der Waals surface area contributed by atoms with Gasteiger partial charge in [-0.3, -0.25) is 4.79 Å². The summed E-state index contributed by atoms with van der Waals surface area (Å²) >= 11 is 5.98. The molecular weight excluding hydrogens is 386 g/mol. The maximum Gasteiger partial charge on any atom is 0.272 e. The Bertz CT molecular complexity index is 1220. The first-order valence-corrected chi connectivity index (χ1v) is 9.27. The highest BCUT2D eigenvalue weighted by atomic mass is 35.5. The average molecular weight is 402 g/mol. The Kier molecular flexibility index (Phi) is 5.22. The standard InChI is InChI=1S/C23H16ClN3O2/c24-17-11-9-15(10-12-17)21-13-19(18-6-2-3-7-20(18)26-21)23(29)27-25-14-16-5-1-4-8-22(16)28/h1-14,28H,(H,27,29)/b25-14-. The van der Waals surface area contributed by atoms with Crippen LogP contribution in [0.2, 0.25) is 5.02 Å². The molecule has 0 aliphatic heterocycles. The number of phenolic OH excluding ortho intramolecular Hbond substituents is 1. The minimum atomic E-state index is -0.370. The number of carbonyl (C=O) groups is 1. The average Bonchev–Trinajstić information content (AvgIpc) is 2.74. The predicted octanol–water partition coefficient (Wildman–Crippen LogP) is 5.02. The lowest BCUT2D eigenvalue weighted by Crippen LogP contribution is -2.18. The van der Waals surface area contributed by atoms with E-state index in [-0.39, 0.29) is 11.7 Å². The Morgan fingerprint density at radius 2 is 1.72 bits per heavy atom. The van der Waals surface area contributed by atoms with Gasteiger partial charge < -0.3 is 5.11 Å². The summed E-state index contributed by atoms with van der Waals surface area (Å²) in [5.41, 5.74) is 5.71. The molecule has 0 saturated heterocycles. The van der Waals surface area contributed by atoms with E-state index < -0.39 is 0 Å². The Morgan fingerprint density at radius 3 is 2.52 bits per heavy atom. The topological polar surface area (TPSA) is 74.6 Å². The largest absolute Gasteiger partial charge is 0.507 e. The van der Waals surface area contributed by atoms with Crippen molar-refractivity contribution < 1.29 is 9.90 Å². The molecule has 0 atom stereocenters. The number of hydrogen-bond acceptors (Lipinski definition) is 4. The van der Waals surface area contributed by atoms with E-state index >= 15 is 0 Å². The van der Waals surface area contributed by atoms with Crippen molar-refractivity contribution in [3.05, 3.63) is 95.0 Å². The molecule has 4 aromatic rings. The van der Waals surface area contributed by atoms with Crippen LogP contribution in [0.5, 0.6) is 5.75 Å². The van der Waals surface area contributed by atoms with E-state index in [1.54, 1.807) is 42.5 Å². The van der Waals surface area contributed by atoms with Gasteiger partial charge in [0.1, 0.15) is 5.75 Å². The molecule has 4 rings (SSSR count). The van der Waals surface area contributed by atoms with Gasteiger partial charge in [-0.2, -0.15) is 5.10 Å². The first-order valence-electron chi connectivity index (χ1n) is 8.89. The van der Waals surface area contributed by atoms with Gasteiger partial charge in [0.25, 0.3) is 5.91 Å². The summed E-state index contributed by atoms with van der Waals surface area (Å²) in [6, 6.07) is 23.2. The summed E-state index contributed by atoms with van der Waals surface area (Å²) < 4.78 is 0. The number of aromatic nitrogens is 1. The molecule has 0 aliphatic rings. The van der Waals surface area contributed by atoms with Crippen LogP contribution in [-0.4, -0.2) is 22.2 Å². The number of carbonyl (C=O) groups excluding carboxylic acids is 1. The highest BCUT2D eigenvalue weighted by Crippen LogP contribution is 2.26. The number of rotatable bonds is 4. The number of para-hydroxylation sites is 2. The van der Waals surface area contributed by atoms with Crippen LogP contribution in [0.25, 0.3) is 22.2 Å². The third-order valence-corrected chi connectivity index (χ3v) is 4.66. The second kappa shape index (κ2) is 8.12. The van der Waals surface area contributed by atoms with Gasteiger partial charge in [0.15, 0.2) is 0 Å². The molecule has 0 bridgehead atoms. The molecule has 2 N–H and O–H groups in total. The molecular formula is C23H16ClN3O2. The Hall–Kier alpha value is -3.70. The van der Waals surface area contributed by atoms with Gasteiger partial charge in [0.05, 0.1) is 23.0 Å². The maximum atomic E-state index is 12.8.